The van der Waals surface area contributed by atoms with Gasteiger partial charge in [-0.05, 0) is 60.7 Å². The first kappa shape index (κ1) is 27.0. The molecule has 4 aromatic rings. The topological polar surface area (TPSA) is 85.1 Å². The van der Waals surface area contributed by atoms with Gasteiger partial charge in [-0.3, -0.25) is 0 Å². The summed E-state index contributed by atoms with van der Waals surface area (Å²) in [5.41, 5.74) is 1.61. The lowest BCUT2D eigenvalue weighted by molar-refractivity contribution is -0.274. The molecular weight excluding hydrogens is 566 g/mol. The number of nitrogens with one attached hydrogen (secondary N) is 1. The van der Waals surface area contributed by atoms with Crippen molar-refractivity contribution in [3.63, 3.8) is 0 Å². The maximum Gasteiger partial charge on any atom is 0.573 e. The highest BCUT2D eigenvalue weighted by Gasteiger charge is 2.37. The van der Waals surface area contributed by atoms with Crippen molar-refractivity contribution in [3.8, 4) is 5.75 Å². The minimum atomic E-state index is -4.85. The van der Waals surface area contributed by atoms with Crippen molar-refractivity contribution >= 4 is 54.9 Å². The third kappa shape index (κ3) is 5.18. The van der Waals surface area contributed by atoms with E-state index in [1.165, 1.54) is 19.2 Å². The normalized spacial score (nSPS) is 21.9. The molecule has 3 aromatic carbocycles. The van der Waals surface area contributed by atoms with Gasteiger partial charge in [0.2, 0.25) is 0 Å². The molecule has 1 fully saturated rings. The summed E-state index contributed by atoms with van der Waals surface area (Å²) in [4.78, 5) is 0.130. The van der Waals surface area contributed by atoms with Crippen molar-refractivity contribution < 1.29 is 32.0 Å². The number of alkyl halides is 3. The molecule has 7 nitrogen and oxygen atoms in total. The molecule has 1 unspecified atom stereocenters. The summed E-state index contributed by atoms with van der Waals surface area (Å²) >= 11 is 12.5. The summed E-state index contributed by atoms with van der Waals surface area (Å²) in [5, 5.41) is 14.3. The highest BCUT2D eigenvalue weighted by atomic mass is 35.5. The summed E-state index contributed by atoms with van der Waals surface area (Å²) in [6.45, 7) is 0.214. The quantitative estimate of drug-likeness (QED) is 0.301. The van der Waals surface area contributed by atoms with E-state index in [0.29, 0.717) is 10.0 Å². The van der Waals surface area contributed by atoms with Crippen LogP contribution in [0.25, 0.3) is 21.8 Å². The first-order valence-corrected chi connectivity index (χ1v) is 13.7. The standard InChI is InChI=1S/C25H22Cl2F3N3O4S/c1-31-38(35,17-6-4-16(5-7-17)37-25(28,29)30)32-20-12-36-13-23(24(20)34)33-21-8-2-14(26)10-18(21)19-11-15(27)3-9-22(19)33/h2-11,20,23-24,34H,12-13H2,1H3,(H,31,32,35)/t20-,23+,24-,38?/m1/s1. The third-order valence-electron chi connectivity index (χ3n) is 6.40. The van der Waals surface area contributed by atoms with E-state index in [4.69, 9.17) is 27.9 Å². The number of fused-ring (bicyclic) bond motifs is 3. The smallest absolute Gasteiger partial charge is 0.406 e. The van der Waals surface area contributed by atoms with Crippen molar-refractivity contribution in [2.24, 2.45) is 4.36 Å². The number of nitrogens with zero attached hydrogens (tertiary/aromatic N) is 2. The Morgan fingerprint density at radius 2 is 1.61 bits per heavy atom. The molecule has 13 heteroatoms. The Kier molecular flexibility index (Phi) is 7.27. The van der Waals surface area contributed by atoms with Crippen LogP contribution in [0.1, 0.15) is 6.04 Å². The summed E-state index contributed by atoms with van der Waals surface area (Å²) in [6, 6.07) is 14.0. The second-order valence-electron chi connectivity index (χ2n) is 8.74. The largest absolute Gasteiger partial charge is 0.573 e. The molecule has 2 heterocycles. The van der Waals surface area contributed by atoms with Crippen molar-refractivity contribution in [2.75, 3.05) is 20.3 Å². The first-order chi connectivity index (χ1) is 18.0. The van der Waals surface area contributed by atoms with Crippen LogP contribution in [0.3, 0.4) is 0 Å². The van der Waals surface area contributed by atoms with E-state index in [2.05, 4.69) is 13.8 Å². The van der Waals surface area contributed by atoms with Crippen molar-refractivity contribution in [3.05, 3.63) is 70.7 Å². The maximum absolute atomic E-state index is 13.7. The number of hydrogen-bond donors (Lipinski definition) is 2. The molecule has 38 heavy (non-hydrogen) atoms. The van der Waals surface area contributed by atoms with Crippen LogP contribution < -0.4 is 9.46 Å². The minimum Gasteiger partial charge on any atom is -0.406 e. The number of aromatic nitrogens is 1. The van der Waals surface area contributed by atoms with Gasteiger partial charge in [-0.15, -0.1) is 13.2 Å². The second-order valence-corrected chi connectivity index (χ2v) is 11.7. The number of halogens is 5. The Bertz CT molecular complexity index is 1560. The molecule has 202 valence electrons. The van der Waals surface area contributed by atoms with Gasteiger partial charge in [0, 0.05) is 38.9 Å². The lowest BCUT2D eigenvalue weighted by Gasteiger charge is -2.37. The fourth-order valence-corrected chi connectivity index (χ4v) is 6.64. The Labute approximate surface area is 226 Å². The van der Waals surface area contributed by atoms with Crippen LogP contribution in [-0.4, -0.2) is 52.7 Å². The number of ether oxygens (including phenoxy) is 2. The van der Waals surface area contributed by atoms with Gasteiger partial charge < -0.3 is 19.1 Å². The average molecular weight is 588 g/mol. The molecule has 1 saturated heterocycles. The van der Waals surface area contributed by atoms with Gasteiger partial charge in [-0.1, -0.05) is 23.2 Å². The molecule has 5 rings (SSSR count). The Morgan fingerprint density at radius 3 is 2.13 bits per heavy atom. The third-order valence-corrected chi connectivity index (χ3v) is 8.91. The van der Waals surface area contributed by atoms with E-state index < -0.39 is 40.2 Å². The summed E-state index contributed by atoms with van der Waals surface area (Å²) in [5.74, 6) is -0.452. The van der Waals surface area contributed by atoms with Crippen LogP contribution in [0, 0.1) is 0 Å². The van der Waals surface area contributed by atoms with Crippen molar-refractivity contribution in [1.29, 1.82) is 0 Å². The van der Waals surface area contributed by atoms with Gasteiger partial charge in [0.25, 0.3) is 0 Å². The molecule has 1 aliphatic heterocycles. The molecule has 1 aliphatic rings. The minimum absolute atomic E-state index is 0.0359. The second kappa shape index (κ2) is 10.2. The molecule has 1 aromatic heterocycles. The van der Waals surface area contributed by atoms with Crippen LogP contribution in [0.2, 0.25) is 10.0 Å². The van der Waals surface area contributed by atoms with Gasteiger partial charge in [0.1, 0.15) is 15.7 Å². The van der Waals surface area contributed by atoms with Crippen molar-refractivity contribution in [2.45, 2.75) is 29.4 Å². The number of hydrogen-bond acceptors (Lipinski definition) is 5. The van der Waals surface area contributed by atoms with Gasteiger partial charge in [0.05, 0.1) is 36.3 Å². The fourth-order valence-electron chi connectivity index (χ4n) is 4.72. The number of rotatable bonds is 5. The Hall–Kier alpha value is -2.54. The molecule has 0 radical (unpaired) electrons. The van der Waals surface area contributed by atoms with Gasteiger partial charge >= 0.3 is 6.36 Å². The molecular formula is C25H22Cl2F3N3O4S. The molecule has 2 N–H and O–H groups in total. The maximum atomic E-state index is 13.7. The zero-order valence-electron chi connectivity index (χ0n) is 19.8. The molecule has 4 atom stereocenters. The van der Waals surface area contributed by atoms with E-state index >= 15 is 0 Å². The number of aliphatic hydroxyl groups excluding tert-OH is 1. The Balaban J connectivity index is 1.48. The SMILES string of the molecule is CN=S(=O)(N[C@@H]1COC[C@H](n2c3ccc(Cl)cc3c3cc(Cl)ccc32)[C@@H]1O)c1ccc(OC(F)(F)F)cc1. The van der Waals surface area contributed by atoms with E-state index in [0.717, 1.165) is 33.9 Å². The van der Waals surface area contributed by atoms with E-state index in [1.54, 1.807) is 12.1 Å². The lowest BCUT2D eigenvalue weighted by atomic mass is 10.0. The highest BCUT2D eigenvalue weighted by Crippen LogP contribution is 2.37. The summed E-state index contributed by atoms with van der Waals surface area (Å²) in [6.07, 6.45) is -5.91. The molecule has 0 bridgehead atoms. The number of aliphatic hydroxyl groups is 1. The van der Waals surface area contributed by atoms with Crippen LogP contribution in [0.15, 0.2) is 69.9 Å². The highest BCUT2D eigenvalue weighted by molar-refractivity contribution is 7.91. The van der Waals surface area contributed by atoms with Crippen LogP contribution in [0.4, 0.5) is 13.2 Å². The van der Waals surface area contributed by atoms with Gasteiger partial charge in [-0.2, -0.15) is 0 Å². The number of benzene rings is 3. The summed E-state index contributed by atoms with van der Waals surface area (Å²) < 4.78 is 69.8. The van der Waals surface area contributed by atoms with E-state index in [9.17, 15) is 22.5 Å². The summed E-state index contributed by atoms with van der Waals surface area (Å²) in [7, 11) is -2.01. The first-order valence-electron chi connectivity index (χ1n) is 11.4. The molecule has 0 amide bonds. The van der Waals surface area contributed by atoms with E-state index in [-0.39, 0.29) is 18.1 Å². The molecule has 0 saturated carbocycles. The molecule has 0 aliphatic carbocycles. The monoisotopic (exact) mass is 587 g/mol. The average Bonchev–Trinajstić information content (AvgIpc) is 3.17. The fraction of sp³-hybridized carbons (Fsp3) is 0.280. The van der Waals surface area contributed by atoms with Crippen LogP contribution in [0.5, 0.6) is 5.75 Å². The molecule has 0 spiro atoms. The predicted molar refractivity (Wildman–Crippen MR) is 140 cm³/mol. The Morgan fingerprint density at radius 1 is 1.03 bits per heavy atom. The van der Waals surface area contributed by atoms with Crippen molar-refractivity contribution in [1.82, 2.24) is 9.29 Å². The van der Waals surface area contributed by atoms with Crippen LogP contribution in [-0.2, 0) is 14.7 Å². The van der Waals surface area contributed by atoms with E-state index in [1.807, 2.05) is 28.8 Å². The van der Waals surface area contributed by atoms with Gasteiger partial charge in [-0.25, -0.2) is 13.3 Å². The lowest BCUT2D eigenvalue weighted by Crippen LogP contribution is -2.53. The van der Waals surface area contributed by atoms with Gasteiger partial charge in [0.15, 0.2) is 0 Å². The zero-order chi connectivity index (χ0) is 27.2. The predicted octanol–water partition coefficient (Wildman–Crippen LogP) is 5.96. The zero-order valence-corrected chi connectivity index (χ0v) is 22.1. The van der Waals surface area contributed by atoms with Crippen LogP contribution >= 0.6 is 23.2 Å².